The molecule has 0 amide bonds. The zero-order valence-electron chi connectivity index (χ0n) is 15.8. The highest BCUT2D eigenvalue weighted by Gasteiger charge is 2.08. The number of hydrogen-bond donors (Lipinski definition) is 3. The summed E-state index contributed by atoms with van der Waals surface area (Å²) in [7, 11) is 1.78. The maximum atomic E-state index is 5.90. The van der Waals surface area contributed by atoms with Gasteiger partial charge >= 0.3 is 0 Å². The van der Waals surface area contributed by atoms with Crippen molar-refractivity contribution in [3.63, 3.8) is 0 Å². The Kier molecular flexibility index (Phi) is 11.0. The summed E-state index contributed by atoms with van der Waals surface area (Å²) in [5.41, 5.74) is 1.33. The molecule has 0 spiro atoms. The van der Waals surface area contributed by atoms with Gasteiger partial charge in [0.25, 0.3) is 0 Å². The second kappa shape index (κ2) is 11.5. The third-order valence-electron chi connectivity index (χ3n) is 3.18. The molecule has 6 heteroatoms. The monoisotopic (exact) mass is 448 g/mol. The number of guanidine groups is 1. The van der Waals surface area contributed by atoms with Gasteiger partial charge in [0.15, 0.2) is 5.96 Å². The van der Waals surface area contributed by atoms with Gasteiger partial charge in [-0.2, -0.15) is 0 Å². The van der Waals surface area contributed by atoms with Gasteiger partial charge in [0.2, 0.25) is 0 Å². The molecule has 0 heterocycles. The molecule has 5 nitrogen and oxygen atoms in total. The van der Waals surface area contributed by atoms with E-state index >= 15 is 0 Å². The highest BCUT2D eigenvalue weighted by Crippen LogP contribution is 2.13. The Hall–Kier alpha value is -1.02. The SMILES string of the molecule is CN=C(NCCNC(C)(C)C)NCC(C)Oc1cccc(C)c1.I. The van der Waals surface area contributed by atoms with Crippen LogP contribution in [0.4, 0.5) is 0 Å². The number of nitrogens with one attached hydrogen (secondary N) is 3. The van der Waals surface area contributed by atoms with Crippen LogP contribution in [0.2, 0.25) is 0 Å². The fourth-order valence-electron chi connectivity index (χ4n) is 2.04. The van der Waals surface area contributed by atoms with E-state index in [9.17, 15) is 0 Å². The third kappa shape index (κ3) is 10.7. The van der Waals surface area contributed by atoms with Crippen LogP contribution in [0.3, 0.4) is 0 Å². The average molecular weight is 448 g/mol. The van der Waals surface area contributed by atoms with E-state index in [1.807, 2.05) is 25.1 Å². The van der Waals surface area contributed by atoms with Crippen LogP contribution in [0.25, 0.3) is 0 Å². The summed E-state index contributed by atoms with van der Waals surface area (Å²) >= 11 is 0. The molecular weight excluding hydrogens is 415 g/mol. The first kappa shape index (κ1) is 23.0. The van der Waals surface area contributed by atoms with Crippen molar-refractivity contribution < 1.29 is 4.74 Å². The first-order valence-corrected chi connectivity index (χ1v) is 8.23. The van der Waals surface area contributed by atoms with Crippen molar-refractivity contribution in [1.29, 1.82) is 0 Å². The summed E-state index contributed by atoms with van der Waals surface area (Å²) in [4.78, 5) is 4.23. The number of aliphatic imine (C=N–C) groups is 1. The largest absolute Gasteiger partial charge is 0.489 e. The van der Waals surface area contributed by atoms with Crippen LogP contribution in [-0.4, -0.2) is 44.3 Å². The molecule has 1 aromatic rings. The van der Waals surface area contributed by atoms with Crippen molar-refractivity contribution in [3.05, 3.63) is 29.8 Å². The standard InChI is InChI=1S/C18H32N4O.HI/c1-14-8-7-9-16(12-14)23-15(2)13-21-17(19-6)20-10-11-22-18(3,4)5;/h7-9,12,15,22H,10-11,13H2,1-6H3,(H2,19,20,21);1H. The highest BCUT2D eigenvalue weighted by atomic mass is 127. The summed E-state index contributed by atoms with van der Waals surface area (Å²) in [5, 5.41) is 10.0. The van der Waals surface area contributed by atoms with Gasteiger partial charge in [-0.1, -0.05) is 12.1 Å². The van der Waals surface area contributed by atoms with Crippen LogP contribution in [-0.2, 0) is 0 Å². The van der Waals surface area contributed by atoms with Gasteiger partial charge in [0, 0.05) is 25.7 Å². The summed E-state index contributed by atoms with van der Waals surface area (Å²) in [6, 6.07) is 8.09. The molecule has 1 rings (SSSR count). The zero-order chi connectivity index (χ0) is 17.3. The second-order valence-corrected chi connectivity index (χ2v) is 6.80. The van der Waals surface area contributed by atoms with Crippen LogP contribution in [0.15, 0.2) is 29.3 Å². The van der Waals surface area contributed by atoms with E-state index in [2.05, 4.69) is 54.7 Å². The van der Waals surface area contributed by atoms with Crippen molar-refractivity contribution in [3.8, 4) is 5.75 Å². The topological polar surface area (TPSA) is 57.7 Å². The number of halogens is 1. The van der Waals surface area contributed by atoms with E-state index in [4.69, 9.17) is 4.74 Å². The Balaban J connectivity index is 0.00000529. The Labute approximate surface area is 164 Å². The van der Waals surface area contributed by atoms with Crippen molar-refractivity contribution >= 4 is 29.9 Å². The number of nitrogens with zero attached hydrogens (tertiary/aromatic N) is 1. The van der Waals surface area contributed by atoms with Crippen LogP contribution in [0.5, 0.6) is 5.75 Å². The van der Waals surface area contributed by atoms with Crippen LogP contribution >= 0.6 is 24.0 Å². The minimum atomic E-state index is 0. The lowest BCUT2D eigenvalue weighted by atomic mass is 10.1. The minimum absolute atomic E-state index is 0. The molecule has 0 aromatic heterocycles. The lowest BCUT2D eigenvalue weighted by Gasteiger charge is -2.21. The number of aryl methyl sites for hydroxylation is 1. The molecule has 0 saturated heterocycles. The molecule has 0 aliphatic carbocycles. The minimum Gasteiger partial charge on any atom is -0.489 e. The number of rotatable bonds is 7. The summed E-state index contributed by atoms with van der Waals surface area (Å²) in [6.45, 7) is 13.0. The highest BCUT2D eigenvalue weighted by molar-refractivity contribution is 14.0. The van der Waals surface area contributed by atoms with Crippen LogP contribution in [0, 0.1) is 6.92 Å². The van der Waals surface area contributed by atoms with E-state index < -0.39 is 0 Å². The Bertz CT molecular complexity index is 500. The van der Waals surface area contributed by atoms with E-state index in [1.54, 1.807) is 7.05 Å². The molecule has 1 aromatic carbocycles. The smallest absolute Gasteiger partial charge is 0.191 e. The molecule has 1 unspecified atom stereocenters. The predicted octanol–water partition coefficient (Wildman–Crippen LogP) is 2.93. The van der Waals surface area contributed by atoms with E-state index in [1.165, 1.54) is 5.56 Å². The number of hydrogen-bond acceptors (Lipinski definition) is 3. The molecule has 24 heavy (non-hydrogen) atoms. The van der Waals surface area contributed by atoms with Crippen molar-refractivity contribution in [1.82, 2.24) is 16.0 Å². The Morgan fingerprint density at radius 1 is 1.21 bits per heavy atom. The molecular formula is C18H33IN4O. The van der Waals surface area contributed by atoms with Crippen molar-refractivity contribution in [2.45, 2.75) is 46.3 Å². The van der Waals surface area contributed by atoms with Crippen LogP contribution in [0.1, 0.15) is 33.3 Å². The van der Waals surface area contributed by atoms with Gasteiger partial charge in [-0.05, 0) is 52.3 Å². The van der Waals surface area contributed by atoms with Gasteiger partial charge < -0.3 is 20.7 Å². The molecule has 0 saturated carbocycles. The van der Waals surface area contributed by atoms with Gasteiger partial charge in [-0.3, -0.25) is 4.99 Å². The van der Waals surface area contributed by atoms with Crippen LogP contribution < -0.4 is 20.7 Å². The summed E-state index contributed by atoms with van der Waals surface area (Å²) in [5.74, 6) is 1.69. The van der Waals surface area contributed by atoms with Crippen molar-refractivity contribution in [2.75, 3.05) is 26.7 Å². The first-order chi connectivity index (χ1) is 10.8. The molecule has 0 fully saturated rings. The zero-order valence-corrected chi connectivity index (χ0v) is 18.1. The third-order valence-corrected chi connectivity index (χ3v) is 3.18. The van der Waals surface area contributed by atoms with E-state index in [0.29, 0.717) is 6.54 Å². The summed E-state index contributed by atoms with van der Waals surface area (Å²) < 4.78 is 5.90. The van der Waals surface area contributed by atoms with Gasteiger partial charge in [-0.25, -0.2) is 0 Å². The lowest BCUT2D eigenvalue weighted by molar-refractivity contribution is 0.223. The van der Waals surface area contributed by atoms with E-state index in [-0.39, 0.29) is 35.6 Å². The lowest BCUT2D eigenvalue weighted by Crippen LogP contribution is -2.46. The maximum Gasteiger partial charge on any atom is 0.191 e. The first-order valence-electron chi connectivity index (χ1n) is 8.23. The Morgan fingerprint density at radius 3 is 2.50 bits per heavy atom. The van der Waals surface area contributed by atoms with Crippen molar-refractivity contribution in [2.24, 2.45) is 4.99 Å². The Morgan fingerprint density at radius 2 is 1.92 bits per heavy atom. The molecule has 0 radical (unpaired) electrons. The molecule has 0 bridgehead atoms. The van der Waals surface area contributed by atoms with Gasteiger partial charge in [0.05, 0.1) is 6.54 Å². The predicted molar refractivity (Wildman–Crippen MR) is 114 cm³/mol. The van der Waals surface area contributed by atoms with E-state index in [0.717, 1.165) is 24.8 Å². The quantitative estimate of drug-likeness (QED) is 0.260. The molecule has 1 atom stereocenters. The second-order valence-electron chi connectivity index (χ2n) is 6.80. The van der Waals surface area contributed by atoms with Gasteiger partial charge in [-0.15, -0.1) is 24.0 Å². The molecule has 0 aliphatic rings. The fourth-order valence-corrected chi connectivity index (χ4v) is 2.04. The molecule has 0 aliphatic heterocycles. The average Bonchev–Trinajstić information content (AvgIpc) is 2.45. The van der Waals surface area contributed by atoms with Gasteiger partial charge in [0.1, 0.15) is 11.9 Å². The normalized spacial score (nSPS) is 13.0. The summed E-state index contributed by atoms with van der Waals surface area (Å²) in [6.07, 6.45) is 0.0584. The molecule has 138 valence electrons. The molecule has 3 N–H and O–H groups in total. The fraction of sp³-hybridized carbons (Fsp3) is 0.611. The maximum absolute atomic E-state index is 5.90. The number of benzene rings is 1. The number of ether oxygens (including phenoxy) is 1.